The van der Waals surface area contributed by atoms with Crippen molar-refractivity contribution in [2.45, 2.75) is 123 Å². The average molecular weight is 667 g/mol. The summed E-state index contributed by atoms with van der Waals surface area (Å²) >= 11 is 0. The summed E-state index contributed by atoms with van der Waals surface area (Å²) < 4.78 is 38.7. The van der Waals surface area contributed by atoms with Gasteiger partial charge in [-0.15, -0.1) is 0 Å². The molecule has 264 valence electrons. The highest BCUT2D eigenvalue weighted by molar-refractivity contribution is 4.98. The predicted octanol–water partition coefficient (Wildman–Crippen LogP) is -9.75. The highest BCUT2D eigenvalue weighted by Crippen LogP contribution is 2.35. The molecule has 4 aliphatic heterocycles. The molecule has 0 aliphatic carbocycles. The van der Waals surface area contributed by atoms with Crippen LogP contribution in [0.25, 0.3) is 0 Å². The Balaban J connectivity index is 1.70. The van der Waals surface area contributed by atoms with Crippen LogP contribution in [0.5, 0.6) is 0 Å². The standard InChI is InChI=1S/C24H42O21/c25-1-5-9(29)12(32)16(36)22(40-5)44-19-11(31)7(3-27)42-24(43-18-8(4-28)39-21(38)15(35)14(18)34)20(19)45-23-17(37)13(33)10(30)6(2-26)41-23/h5-38H,1-4H2/t5-,6-,7-,8-,9-,10-,11-,12+,13+,14-,15-,16-,17-,18+,19+,20-,21?,22+,23+,24+/m1/s1. The molecular formula is C24H42O21. The molecule has 0 bridgehead atoms. The second-order valence-corrected chi connectivity index (χ2v) is 11.1. The van der Waals surface area contributed by atoms with Gasteiger partial charge in [-0.25, -0.2) is 0 Å². The quantitative estimate of drug-likeness (QED) is 0.103. The predicted molar refractivity (Wildman–Crippen MR) is 134 cm³/mol. The Bertz CT molecular complexity index is 912. The van der Waals surface area contributed by atoms with Crippen LogP contribution in [0, 0.1) is 0 Å². The number of ether oxygens (including phenoxy) is 7. The maximum absolute atomic E-state index is 11.1. The van der Waals surface area contributed by atoms with Crippen molar-refractivity contribution in [2.75, 3.05) is 26.4 Å². The average Bonchev–Trinajstić information content (AvgIpc) is 3.03. The van der Waals surface area contributed by atoms with Crippen LogP contribution >= 0.6 is 0 Å². The molecule has 45 heavy (non-hydrogen) atoms. The van der Waals surface area contributed by atoms with E-state index in [1.54, 1.807) is 0 Å². The van der Waals surface area contributed by atoms with Crippen LogP contribution in [0.3, 0.4) is 0 Å². The van der Waals surface area contributed by atoms with E-state index in [0.29, 0.717) is 0 Å². The number of aliphatic hydroxyl groups excluding tert-OH is 14. The van der Waals surface area contributed by atoms with E-state index in [2.05, 4.69) is 0 Å². The Morgan fingerprint density at radius 1 is 0.333 bits per heavy atom. The zero-order valence-electron chi connectivity index (χ0n) is 23.5. The molecular weight excluding hydrogens is 624 g/mol. The first kappa shape index (κ1) is 37.0. The second-order valence-electron chi connectivity index (χ2n) is 11.1. The van der Waals surface area contributed by atoms with E-state index in [1.165, 1.54) is 0 Å². The Morgan fingerprint density at radius 2 is 0.733 bits per heavy atom. The minimum atomic E-state index is -2.03. The summed E-state index contributed by atoms with van der Waals surface area (Å²) in [6.07, 6.45) is -36.8. The highest BCUT2D eigenvalue weighted by Gasteiger charge is 2.56. The summed E-state index contributed by atoms with van der Waals surface area (Å²) in [7, 11) is 0. The van der Waals surface area contributed by atoms with E-state index in [-0.39, 0.29) is 0 Å². The van der Waals surface area contributed by atoms with E-state index >= 15 is 0 Å². The van der Waals surface area contributed by atoms with Gasteiger partial charge in [-0.2, -0.15) is 0 Å². The van der Waals surface area contributed by atoms with Crippen molar-refractivity contribution in [3.8, 4) is 0 Å². The molecule has 4 rings (SSSR count). The fourth-order valence-corrected chi connectivity index (χ4v) is 5.51. The summed E-state index contributed by atoms with van der Waals surface area (Å²) in [5.74, 6) is 0. The molecule has 1 unspecified atom stereocenters. The van der Waals surface area contributed by atoms with Gasteiger partial charge in [-0.3, -0.25) is 0 Å². The molecule has 0 amide bonds. The van der Waals surface area contributed by atoms with Crippen molar-refractivity contribution >= 4 is 0 Å². The number of aliphatic hydroxyl groups is 14. The summed E-state index contributed by atoms with van der Waals surface area (Å²) in [6.45, 7) is -3.53. The van der Waals surface area contributed by atoms with E-state index in [9.17, 15) is 71.5 Å². The van der Waals surface area contributed by atoms with Gasteiger partial charge in [0, 0.05) is 0 Å². The van der Waals surface area contributed by atoms with Crippen molar-refractivity contribution in [1.29, 1.82) is 0 Å². The SMILES string of the molecule is OC[C@H]1O[C@@H](O[C@H]2[C@H](O[C@@H]3[C@H](O)[C@@H](O)C(O)O[C@@H]3CO)O[C@H](CO)[C@@H](O)[C@@H]2O[C@@H]2O[C@H](CO)[C@@H](O)[C@H](O)[C@H]2O)[C@H](O)[C@@H](O)[C@@H]1O. The van der Waals surface area contributed by atoms with Crippen molar-refractivity contribution in [3.63, 3.8) is 0 Å². The number of hydrogen-bond donors (Lipinski definition) is 14. The van der Waals surface area contributed by atoms with E-state index in [4.69, 9.17) is 33.2 Å². The topological polar surface area (TPSA) is 348 Å². The van der Waals surface area contributed by atoms with Gasteiger partial charge in [0.05, 0.1) is 26.4 Å². The molecule has 0 saturated carbocycles. The molecule has 0 spiro atoms. The third-order valence-corrected chi connectivity index (χ3v) is 8.21. The van der Waals surface area contributed by atoms with Gasteiger partial charge in [0.2, 0.25) is 0 Å². The molecule has 0 aromatic heterocycles. The van der Waals surface area contributed by atoms with Crippen molar-refractivity contribution in [3.05, 3.63) is 0 Å². The van der Waals surface area contributed by atoms with Gasteiger partial charge in [0.25, 0.3) is 0 Å². The lowest BCUT2D eigenvalue weighted by atomic mass is 9.95. The molecule has 0 aromatic carbocycles. The summed E-state index contributed by atoms with van der Waals surface area (Å²) in [5.41, 5.74) is 0. The van der Waals surface area contributed by atoms with Crippen LogP contribution < -0.4 is 0 Å². The lowest BCUT2D eigenvalue weighted by Crippen LogP contribution is -2.68. The first-order valence-electron chi connectivity index (χ1n) is 14.1. The molecule has 21 heteroatoms. The fraction of sp³-hybridized carbons (Fsp3) is 1.00. The molecule has 0 aromatic rings. The minimum absolute atomic E-state index is 0.854. The van der Waals surface area contributed by atoms with E-state index < -0.39 is 149 Å². The maximum atomic E-state index is 11.1. The molecule has 4 saturated heterocycles. The zero-order chi connectivity index (χ0) is 33.3. The molecule has 14 N–H and O–H groups in total. The fourth-order valence-electron chi connectivity index (χ4n) is 5.51. The largest absolute Gasteiger partial charge is 0.394 e. The second kappa shape index (κ2) is 15.6. The molecule has 0 radical (unpaired) electrons. The Morgan fingerprint density at radius 3 is 1.20 bits per heavy atom. The normalized spacial score (nSPS) is 52.9. The van der Waals surface area contributed by atoms with Crippen LogP contribution in [0.15, 0.2) is 0 Å². The lowest BCUT2D eigenvalue weighted by molar-refractivity contribution is -0.405. The van der Waals surface area contributed by atoms with Crippen LogP contribution in [-0.4, -0.2) is 221 Å². The number of rotatable bonds is 10. The monoisotopic (exact) mass is 666 g/mol. The third kappa shape index (κ3) is 7.44. The first-order chi connectivity index (χ1) is 21.3. The highest BCUT2D eigenvalue weighted by atomic mass is 16.8. The van der Waals surface area contributed by atoms with E-state index in [1.807, 2.05) is 0 Å². The van der Waals surface area contributed by atoms with Crippen molar-refractivity contribution in [1.82, 2.24) is 0 Å². The molecule has 4 aliphatic rings. The Hall–Kier alpha value is -0.840. The molecule has 4 fully saturated rings. The first-order valence-corrected chi connectivity index (χ1v) is 14.1. The Kier molecular flexibility index (Phi) is 12.8. The molecule has 21 nitrogen and oxygen atoms in total. The Labute approximate surface area is 254 Å². The van der Waals surface area contributed by atoms with Gasteiger partial charge in [0.1, 0.15) is 97.7 Å². The van der Waals surface area contributed by atoms with Crippen LogP contribution in [0.4, 0.5) is 0 Å². The van der Waals surface area contributed by atoms with Crippen LogP contribution in [0.2, 0.25) is 0 Å². The van der Waals surface area contributed by atoms with Crippen LogP contribution in [-0.2, 0) is 33.2 Å². The zero-order valence-corrected chi connectivity index (χ0v) is 23.5. The van der Waals surface area contributed by atoms with Gasteiger partial charge in [-0.1, -0.05) is 0 Å². The number of hydrogen-bond acceptors (Lipinski definition) is 21. The van der Waals surface area contributed by atoms with Crippen molar-refractivity contribution in [2.24, 2.45) is 0 Å². The lowest BCUT2D eigenvalue weighted by Gasteiger charge is -2.50. The smallest absolute Gasteiger partial charge is 0.187 e. The van der Waals surface area contributed by atoms with Gasteiger partial charge in [0.15, 0.2) is 25.2 Å². The van der Waals surface area contributed by atoms with Crippen molar-refractivity contribution < 1.29 is 105 Å². The van der Waals surface area contributed by atoms with E-state index in [0.717, 1.165) is 0 Å². The summed E-state index contributed by atoms with van der Waals surface area (Å²) in [6, 6.07) is 0. The third-order valence-electron chi connectivity index (χ3n) is 8.21. The molecule has 20 atom stereocenters. The summed E-state index contributed by atoms with van der Waals surface area (Å²) in [5, 5.41) is 143. The minimum Gasteiger partial charge on any atom is -0.394 e. The van der Waals surface area contributed by atoms with Gasteiger partial charge in [-0.05, 0) is 0 Å². The van der Waals surface area contributed by atoms with Gasteiger partial charge < -0.3 is 105 Å². The molecule has 4 heterocycles. The van der Waals surface area contributed by atoms with Gasteiger partial charge >= 0.3 is 0 Å². The summed E-state index contributed by atoms with van der Waals surface area (Å²) in [4.78, 5) is 0. The van der Waals surface area contributed by atoms with Crippen LogP contribution in [0.1, 0.15) is 0 Å². The maximum Gasteiger partial charge on any atom is 0.187 e.